The molecule has 1 heterocycles. The summed E-state index contributed by atoms with van der Waals surface area (Å²) >= 11 is 0. The number of ether oxygens (including phenoxy) is 1. The molecule has 0 aliphatic carbocycles. The molecule has 1 atom stereocenters. The average Bonchev–Trinajstić information content (AvgIpc) is 3.11. The number of fused-ring (bicyclic) bond motifs is 1. The van der Waals surface area contributed by atoms with Crippen molar-refractivity contribution in [2.75, 3.05) is 11.9 Å². The fourth-order valence-electron chi connectivity index (χ4n) is 3.87. The molecule has 0 fully saturated rings. The molecular weight excluding hydrogens is 522 g/mol. The van der Waals surface area contributed by atoms with Gasteiger partial charge in [-0.05, 0) is 76.9 Å². The first-order valence-electron chi connectivity index (χ1n) is 12.8. The van der Waals surface area contributed by atoms with Crippen molar-refractivity contribution in [1.82, 2.24) is 14.7 Å². The maximum Gasteiger partial charge on any atom is 0.412 e. The van der Waals surface area contributed by atoms with Crippen LogP contribution in [0.4, 0.5) is 10.5 Å². The number of rotatable bonds is 11. The zero-order valence-corrected chi connectivity index (χ0v) is 25.0. The minimum atomic E-state index is -2.48. The van der Waals surface area contributed by atoms with Crippen molar-refractivity contribution < 1.29 is 33.8 Å². The molecule has 2 aromatic rings. The molecule has 1 aromatic carbocycles. The van der Waals surface area contributed by atoms with Gasteiger partial charge in [0.05, 0.1) is 5.52 Å². The van der Waals surface area contributed by atoms with Gasteiger partial charge in [0.15, 0.2) is 14.0 Å². The Morgan fingerprint density at radius 1 is 1.18 bits per heavy atom. The molecule has 5 N–H and O–H groups in total. The van der Waals surface area contributed by atoms with E-state index in [1.807, 2.05) is 26.9 Å². The van der Waals surface area contributed by atoms with Crippen molar-refractivity contribution in [2.24, 2.45) is 5.73 Å². The molecule has 0 aliphatic rings. The third-order valence-electron chi connectivity index (χ3n) is 6.92. The number of carbonyl (C=O) groups is 4. The van der Waals surface area contributed by atoms with Gasteiger partial charge in [0.25, 0.3) is 5.91 Å². The zero-order valence-electron chi connectivity index (χ0n) is 24.0. The number of anilines is 1. The maximum atomic E-state index is 13.4. The lowest BCUT2D eigenvalue weighted by molar-refractivity contribution is -0.146. The standard InChI is InChI=1S/C26H41N5O7Si/c1-16(11-12-26(5,6)39(7,8)37)30(15-21(33)34)20(32)14-31-19-10-9-17(28-24(36)38-25(2,3)4)13-18(19)22(29-31)23(27)35/h9-10,13,16,37H,11-12,14-15H2,1-8H3,(H2,27,35)(H,28,36)(H,33,34)/t16-/m1/s1. The lowest BCUT2D eigenvalue weighted by Gasteiger charge is -2.37. The molecule has 3 amide bonds. The number of primary amides is 1. The van der Waals surface area contributed by atoms with Gasteiger partial charge >= 0.3 is 12.1 Å². The maximum absolute atomic E-state index is 13.4. The number of aliphatic carboxylic acids is 1. The topological polar surface area (TPSA) is 177 Å². The van der Waals surface area contributed by atoms with E-state index >= 15 is 0 Å². The van der Waals surface area contributed by atoms with E-state index in [9.17, 15) is 29.1 Å². The Morgan fingerprint density at radius 3 is 2.31 bits per heavy atom. The van der Waals surface area contributed by atoms with Gasteiger partial charge in [0, 0.05) is 17.1 Å². The SMILES string of the molecule is C[C@H](CCC(C)(C)[Si](C)(C)O)N(CC(=O)O)C(=O)Cn1nc(C(N)=O)c2cc(NC(=O)OC(C)(C)C)ccc21. The van der Waals surface area contributed by atoms with E-state index in [-0.39, 0.29) is 17.3 Å². The quantitative estimate of drug-likeness (QED) is 0.300. The highest BCUT2D eigenvalue weighted by Gasteiger charge is 2.38. The van der Waals surface area contributed by atoms with Crippen molar-refractivity contribution in [1.29, 1.82) is 0 Å². The van der Waals surface area contributed by atoms with E-state index in [2.05, 4.69) is 10.4 Å². The Bertz CT molecular complexity index is 1240. The fourth-order valence-corrected chi connectivity index (χ4v) is 4.62. The summed E-state index contributed by atoms with van der Waals surface area (Å²) in [5, 5.41) is 16.3. The predicted octanol–water partition coefficient (Wildman–Crippen LogP) is 3.54. The number of nitrogens with two attached hydrogens (primary N) is 1. The third kappa shape index (κ3) is 8.52. The third-order valence-corrected chi connectivity index (χ3v) is 10.5. The molecule has 0 unspecified atom stereocenters. The molecule has 0 spiro atoms. The van der Waals surface area contributed by atoms with Crippen LogP contribution in [-0.4, -0.2) is 75.0 Å². The van der Waals surface area contributed by atoms with Crippen LogP contribution in [0.15, 0.2) is 18.2 Å². The van der Waals surface area contributed by atoms with Gasteiger partial charge in [-0.25, -0.2) is 4.79 Å². The van der Waals surface area contributed by atoms with Crippen molar-refractivity contribution in [3.63, 3.8) is 0 Å². The average molecular weight is 564 g/mol. The van der Waals surface area contributed by atoms with E-state index in [0.717, 1.165) is 0 Å². The number of hydrogen-bond donors (Lipinski definition) is 4. The summed E-state index contributed by atoms with van der Waals surface area (Å²) in [5.74, 6) is -2.48. The first kappa shape index (κ1) is 31.8. The van der Waals surface area contributed by atoms with Crippen LogP contribution in [0.2, 0.25) is 18.1 Å². The van der Waals surface area contributed by atoms with E-state index in [1.54, 1.807) is 39.8 Å². The number of amides is 3. The molecule has 13 heteroatoms. The lowest BCUT2D eigenvalue weighted by atomic mass is 10.0. The van der Waals surface area contributed by atoms with Gasteiger partial charge in [-0.3, -0.25) is 24.4 Å². The van der Waals surface area contributed by atoms with Gasteiger partial charge in [0.1, 0.15) is 18.7 Å². The molecule has 2 rings (SSSR count). The molecular formula is C26H41N5O7Si. The van der Waals surface area contributed by atoms with Gasteiger partial charge in [-0.15, -0.1) is 0 Å². The zero-order chi connectivity index (χ0) is 29.9. The highest BCUT2D eigenvalue weighted by Crippen LogP contribution is 2.40. The summed E-state index contributed by atoms with van der Waals surface area (Å²) in [7, 11) is -2.48. The molecule has 0 bridgehead atoms. The molecule has 1 aromatic heterocycles. The van der Waals surface area contributed by atoms with Crippen LogP contribution in [-0.2, 0) is 20.9 Å². The Morgan fingerprint density at radius 2 is 1.79 bits per heavy atom. The molecule has 0 saturated carbocycles. The molecule has 39 heavy (non-hydrogen) atoms. The van der Waals surface area contributed by atoms with Gasteiger partial charge in [-0.1, -0.05) is 13.8 Å². The second kappa shape index (κ2) is 11.7. The first-order valence-corrected chi connectivity index (χ1v) is 15.7. The Hall–Kier alpha value is -3.45. The summed E-state index contributed by atoms with van der Waals surface area (Å²) in [6.45, 7) is 13.8. The van der Waals surface area contributed by atoms with Crippen LogP contribution in [0.3, 0.4) is 0 Å². The van der Waals surface area contributed by atoms with E-state index in [1.165, 1.54) is 15.6 Å². The number of carbonyl (C=O) groups excluding carboxylic acids is 3. The minimum absolute atomic E-state index is 0.0969. The van der Waals surface area contributed by atoms with E-state index in [4.69, 9.17) is 10.5 Å². The molecule has 0 aliphatic heterocycles. The number of carboxylic acids is 1. The minimum Gasteiger partial charge on any atom is -0.480 e. The molecule has 0 radical (unpaired) electrons. The summed E-state index contributed by atoms with van der Waals surface area (Å²) in [6, 6.07) is 4.23. The van der Waals surface area contributed by atoms with Crippen molar-refractivity contribution in [2.45, 2.75) is 90.7 Å². The number of carboxylic acid groups (broad SMARTS) is 1. The van der Waals surface area contributed by atoms with Gasteiger partial charge < -0.3 is 25.3 Å². The second-order valence-electron chi connectivity index (χ2n) is 12.0. The number of hydrogen-bond acceptors (Lipinski definition) is 7. The normalized spacial score (nSPS) is 13.2. The molecule has 216 valence electrons. The van der Waals surface area contributed by atoms with Gasteiger partial charge in [-0.2, -0.15) is 5.10 Å². The molecule has 12 nitrogen and oxygen atoms in total. The Balaban J connectivity index is 2.33. The first-order chi connectivity index (χ1) is 17.7. The van der Waals surface area contributed by atoms with Crippen molar-refractivity contribution in [3.8, 4) is 0 Å². The summed E-state index contributed by atoms with van der Waals surface area (Å²) in [4.78, 5) is 61.1. The van der Waals surface area contributed by atoms with Gasteiger partial charge in [0.2, 0.25) is 5.91 Å². The number of benzene rings is 1. The Kier molecular flexibility index (Phi) is 9.56. The number of nitrogens with one attached hydrogen (secondary N) is 1. The van der Waals surface area contributed by atoms with Crippen LogP contribution in [0, 0.1) is 0 Å². The van der Waals surface area contributed by atoms with Crippen LogP contribution in [0.25, 0.3) is 10.9 Å². The van der Waals surface area contributed by atoms with Crippen LogP contribution < -0.4 is 11.1 Å². The van der Waals surface area contributed by atoms with Crippen molar-refractivity contribution in [3.05, 3.63) is 23.9 Å². The second-order valence-corrected chi connectivity index (χ2v) is 16.4. The van der Waals surface area contributed by atoms with Crippen LogP contribution in [0.1, 0.15) is 64.9 Å². The van der Waals surface area contributed by atoms with Crippen molar-refractivity contribution >= 4 is 48.8 Å². The van der Waals surface area contributed by atoms with Crippen LogP contribution in [0.5, 0.6) is 0 Å². The smallest absolute Gasteiger partial charge is 0.412 e. The Labute approximate surface area is 229 Å². The largest absolute Gasteiger partial charge is 0.480 e. The summed E-state index contributed by atoms with van der Waals surface area (Å²) < 4.78 is 6.55. The van der Waals surface area contributed by atoms with Crippen LogP contribution >= 0.6 is 0 Å². The number of nitrogens with zero attached hydrogens (tertiary/aromatic N) is 3. The highest BCUT2D eigenvalue weighted by atomic mass is 28.4. The summed E-state index contributed by atoms with van der Waals surface area (Å²) in [5.41, 5.74) is 5.47. The predicted molar refractivity (Wildman–Crippen MR) is 150 cm³/mol. The number of aromatic nitrogens is 2. The summed E-state index contributed by atoms with van der Waals surface area (Å²) in [6.07, 6.45) is 0.422. The monoisotopic (exact) mass is 563 g/mol. The molecule has 0 saturated heterocycles. The van der Waals surface area contributed by atoms with E-state index < -0.39 is 50.4 Å². The lowest BCUT2D eigenvalue weighted by Crippen LogP contribution is -2.45. The fraction of sp³-hybridized carbons (Fsp3) is 0.577. The highest BCUT2D eigenvalue weighted by molar-refractivity contribution is 6.72. The van der Waals surface area contributed by atoms with E-state index in [0.29, 0.717) is 29.4 Å².